The molecule has 1 aromatic heterocycles. The Kier molecular flexibility index (Phi) is 4.37. The molecule has 0 aliphatic heterocycles. The molecule has 0 aromatic carbocycles. The number of carbonyl (C=O) groups excluding carboxylic acids is 1. The zero-order chi connectivity index (χ0) is 12.1. The maximum absolute atomic E-state index is 12.1. The van der Waals surface area contributed by atoms with Crippen LogP contribution in [0.5, 0.6) is 0 Å². The molecule has 5 nitrogen and oxygen atoms in total. The van der Waals surface area contributed by atoms with Gasteiger partial charge < -0.3 is 20.7 Å². The Labute approximate surface area is 95.3 Å². The van der Waals surface area contributed by atoms with Gasteiger partial charge in [-0.3, -0.25) is 4.79 Å². The fourth-order valence-electron chi connectivity index (χ4n) is 1.52. The average molecular weight is 225 g/mol. The highest BCUT2D eigenvalue weighted by molar-refractivity contribution is 5.93. The number of nitrogen functional groups attached to an aromatic ring is 1. The molecule has 90 valence electrons. The molecule has 1 rings (SSSR count). The summed E-state index contributed by atoms with van der Waals surface area (Å²) in [6.45, 7) is 4.53. The first-order valence-electron chi connectivity index (χ1n) is 5.42. The zero-order valence-electron chi connectivity index (χ0n) is 9.73. The van der Waals surface area contributed by atoms with E-state index >= 15 is 0 Å². The highest BCUT2D eigenvalue weighted by atomic mass is 16.3. The van der Waals surface area contributed by atoms with Crippen molar-refractivity contribution in [1.29, 1.82) is 0 Å². The van der Waals surface area contributed by atoms with E-state index in [2.05, 4.69) is 4.98 Å². The maximum Gasteiger partial charge on any atom is 0.270 e. The molecule has 0 bridgehead atoms. The highest BCUT2D eigenvalue weighted by Gasteiger charge is 2.19. The SMILES string of the molecule is CC(C)N(CCCO)C(=O)c1cc(N)c[nH]1. The van der Waals surface area contributed by atoms with Crippen molar-refractivity contribution in [2.75, 3.05) is 18.9 Å². The molecule has 1 amide bonds. The Hall–Kier alpha value is -1.49. The Bertz CT molecular complexity index is 347. The van der Waals surface area contributed by atoms with Crippen molar-refractivity contribution in [2.24, 2.45) is 0 Å². The molecule has 0 aliphatic carbocycles. The second kappa shape index (κ2) is 5.55. The van der Waals surface area contributed by atoms with E-state index in [1.54, 1.807) is 17.2 Å². The Balaban J connectivity index is 2.74. The molecule has 5 heteroatoms. The first-order valence-corrected chi connectivity index (χ1v) is 5.42. The lowest BCUT2D eigenvalue weighted by Crippen LogP contribution is -2.38. The van der Waals surface area contributed by atoms with E-state index in [4.69, 9.17) is 10.8 Å². The van der Waals surface area contributed by atoms with Gasteiger partial charge in [0.1, 0.15) is 5.69 Å². The quantitative estimate of drug-likeness (QED) is 0.694. The second-order valence-corrected chi connectivity index (χ2v) is 4.02. The molecule has 0 saturated carbocycles. The van der Waals surface area contributed by atoms with Crippen molar-refractivity contribution in [3.63, 3.8) is 0 Å². The number of nitrogens with two attached hydrogens (primary N) is 1. The van der Waals surface area contributed by atoms with E-state index in [0.717, 1.165) is 0 Å². The molecule has 1 aromatic rings. The molecule has 1 heterocycles. The standard InChI is InChI=1S/C11H19N3O2/c1-8(2)14(4-3-5-15)11(16)10-6-9(12)7-13-10/h6-8,13,15H,3-5,12H2,1-2H3. The van der Waals surface area contributed by atoms with Gasteiger partial charge in [0.25, 0.3) is 5.91 Å². The number of H-pyrrole nitrogens is 1. The maximum atomic E-state index is 12.1. The van der Waals surface area contributed by atoms with Crippen LogP contribution in [0.3, 0.4) is 0 Å². The van der Waals surface area contributed by atoms with Crippen LogP contribution in [-0.2, 0) is 0 Å². The number of carbonyl (C=O) groups is 1. The fourth-order valence-corrected chi connectivity index (χ4v) is 1.52. The summed E-state index contributed by atoms with van der Waals surface area (Å²) in [4.78, 5) is 16.6. The second-order valence-electron chi connectivity index (χ2n) is 4.02. The summed E-state index contributed by atoms with van der Waals surface area (Å²) in [6, 6.07) is 1.72. The number of aromatic nitrogens is 1. The molecule has 16 heavy (non-hydrogen) atoms. The van der Waals surface area contributed by atoms with Gasteiger partial charge in [-0.15, -0.1) is 0 Å². The summed E-state index contributed by atoms with van der Waals surface area (Å²) >= 11 is 0. The molecular formula is C11H19N3O2. The molecule has 0 aliphatic rings. The molecule has 0 fully saturated rings. The highest BCUT2D eigenvalue weighted by Crippen LogP contribution is 2.11. The van der Waals surface area contributed by atoms with Crippen molar-refractivity contribution in [3.05, 3.63) is 18.0 Å². The van der Waals surface area contributed by atoms with Gasteiger partial charge in [0.15, 0.2) is 0 Å². The number of amides is 1. The molecule has 4 N–H and O–H groups in total. The van der Waals surface area contributed by atoms with Gasteiger partial charge in [-0.2, -0.15) is 0 Å². The van der Waals surface area contributed by atoms with E-state index in [1.807, 2.05) is 13.8 Å². The van der Waals surface area contributed by atoms with Crippen molar-refractivity contribution >= 4 is 11.6 Å². The van der Waals surface area contributed by atoms with Crippen molar-refractivity contribution < 1.29 is 9.90 Å². The molecular weight excluding hydrogens is 206 g/mol. The summed E-state index contributed by atoms with van der Waals surface area (Å²) in [5.41, 5.74) is 6.59. The summed E-state index contributed by atoms with van der Waals surface area (Å²) in [5.74, 6) is -0.0832. The number of anilines is 1. The predicted molar refractivity (Wildman–Crippen MR) is 63.1 cm³/mol. The van der Waals surface area contributed by atoms with Crippen LogP contribution in [0, 0.1) is 0 Å². The van der Waals surface area contributed by atoms with Gasteiger partial charge in [-0.1, -0.05) is 0 Å². The number of hydrogen-bond acceptors (Lipinski definition) is 3. The Morgan fingerprint density at radius 1 is 1.62 bits per heavy atom. The van der Waals surface area contributed by atoms with Crippen molar-refractivity contribution in [1.82, 2.24) is 9.88 Å². The van der Waals surface area contributed by atoms with Gasteiger partial charge in [0.05, 0.1) is 0 Å². The number of aliphatic hydroxyl groups excluding tert-OH is 1. The minimum atomic E-state index is -0.0832. The van der Waals surface area contributed by atoms with Gasteiger partial charge in [-0.25, -0.2) is 0 Å². The van der Waals surface area contributed by atoms with Crippen LogP contribution in [0.25, 0.3) is 0 Å². The summed E-state index contributed by atoms with van der Waals surface area (Å²) in [7, 11) is 0. The summed E-state index contributed by atoms with van der Waals surface area (Å²) < 4.78 is 0. The first kappa shape index (κ1) is 12.6. The predicted octanol–water partition coefficient (Wildman–Crippen LogP) is 0.830. The number of hydrogen-bond donors (Lipinski definition) is 3. The van der Waals surface area contributed by atoms with E-state index in [1.165, 1.54) is 0 Å². The van der Waals surface area contributed by atoms with Crippen LogP contribution in [0.1, 0.15) is 30.8 Å². The number of aromatic amines is 1. The zero-order valence-corrected chi connectivity index (χ0v) is 9.73. The number of nitrogens with zero attached hydrogens (tertiary/aromatic N) is 1. The fraction of sp³-hybridized carbons (Fsp3) is 0.545. The normalized spacial score (nSPS) is 10.8. The minimum Gasteiger partial charge on any atom is -0.397 e. The lowest BCUT2D eigenvalue weighted by atomic mass is 10.2. The van der Waals surface area contributed by atoms with E-state index in [9.17, 15) is 4.79 Å². The summed E-state index contributed by atoms with van der Waals surface area (Å²) in [6.07, 6.45) is 2.18. The van der Waals surface area contributed by atoms with Gasteiger partial charge in [0.2, 0.25) is 0 Å². The molecule has 0 radical (unpaired) electrons. The van der Waals surface area contributed by atoms with Gasteiger partial charge in [-0.05, 0) is 26.3 Å². The molecule has 0 saturated heterocycles. The topological polar surface area (TPSA) is 82.3 Å². The largest absolute Gasteiger partial charge is 0.397 e. The molecule has 0 spiro atoms. The average Bonchev–Trinajstić information content (AvgIpc) is 2.64. The van der Waals surface area contributed by atoms with Crippen molar-refractivity contribution in [2.45, 2.75) is 26.3 Å². The molecule has 0 atom stereocenters. The van der Waals surface area contributed by atoms with E-state index < -0.39 is 0 Å². The summed E-state index contributed by atoms with van der Waals surface area (Å²) in [5, 5.41) is 8.79. The van der Waals surface area contributed by atoms with Crippen LogP contribution in [0.4, 0.5) is 5.69 Å². The third-order valence-electron chi connectivity index (χ3n) is 2.38. The smallest absolute Gasteiger partial charge is 0.270 e. The van der Waals surface area contributed by atoms with Crippen LogP contribution in [0.2, 0.25) is 0 Å². The van der Waals surface area contributed by atoms with Crippen LogP contribution in [0.15, 0.2) is 12.3 Å². The number of rotatable bonds is 5. The number of nitrogens with one attached hydrogen (secondary N) is 1. The lowest BCUT2D eigenvalue weighted by Gasteiger charge is -2.25. The first-order chi connectivity index (χ1) is 7.56. The minimum absolute atomic E-state index is 0.0832. The monoisotopic (exact) mass is 225 g/mol. The third-order valence-corrected chi connectivity index (χ3v) is 2.38. The Morgan fingerprint density at radius 2 is 2.31 bits per heavy atom. The van der Waals surface area contributed by atoms with Crippen molar-refractivity contribution in [3.8, 4) is 0 Å². The third kappa shape index (κ3) is 3.00. The van der Waals surface area contributed by atoms with Crippen LogP contribution in [-0.4, -0.2) is 40.1 Å². The lowest BCUT2D eigenvalue weighted by molar-refractivity contribution is 0.0688. The van der Waals surface area contributed by atoms with Crippen LogP contribution >= 0.6 is 0 Å². The van der Waals surface area contributed by atoms with Gasteiger partial charge >= 0.3 is 0 Å². The van der Waals surface area contributed by atoms with E-state index in [0.29, 0.717) is 24.3 Å². The Morgan fingerprint density at radius 3 is 2.75 bits per heavy atom. The number of aliphatic hydroxyl groups is 1. The van der Waals surface area contributed by atoms with Crippen LogP contribution < -0.4 is 5.73 Å². The molecule has 0 unspecified atom stereocenters. The van der Waals surface area contributed by atoms with Gasteiger partial charge in [0, 0.05) is 31.1 Å². The van der Waals surface area contributed by atoms with E-state index in [-0.39, 0.29) is 18.6 Å².